The maximum Gasteiger partial charge on any atom is 0.164 e. The molecule has 6 nitrogen and oxygen atoms in total. The Bertz CT molecular complexity index is 717. The highest BCUT2D eigenvalue weighted by molar-refractivity contribution is 5.83. The van der Waals surface area contributed by atoms with Gasteiger partial charge in [0.25, 0.3) is 0 Å². The zero-order valence-corrected chi connectivity index (χ0v) is 10.8. The molecule has 3 rings (SSSR count). The molecule has 0 unspecified atom stereocenters. The van der Waals surface area contributed by atoms with Crippen molar-refractivity contribution in [1.82, 2.24) is 24.9 Å². The van der Waals surface area contributed by atoms with Gasteiger partial charge in [0.05, 0.1) is 0 Å². The molecule has 0 aliphatic carbocycles. The minimum absolute atomic E-state index is 0.290. The van der Waals surface area contributed by atoms with Crippen molar-refractivity contribution in [2.75, 3.05) is 5.73 Å². The Kier molecular flexibility index (Phi) is 2.63. The summed E-state index contributed by atoms with van der Waals surface area (Å²) in [5, 5.41) is 0. The van der Waals surface area contributed by atoms with E-state index in [1.54, 1.807) is 12.4 Å². The highest BCUT2D eigenvalue weighted by Gasteiger charge is 2.13. The summed E-state index contributed by atoms with van der Waals surface area (Å²) >= 11 is 0. The van der Waals surface area contributed by atoms with E-state index in [1.807, 2.05) is 12.1 Å². The topological polar surface area (TPSA) is 93.4 Å². The van der Waals surface area contributed by atoms with E-state index in [-0.39, 0.29) is 5.92 Å². The van der Waals surface area contributed by atoms with Gasteiger partial charge in [-0.05, 0) is 12.1 Å². The van der Waals surface area contributed by atoms with Crippen molar-refractivity contribution in [2.45, 2.75) is 19.8 Å². The Morgan fingerprint density at radius 3 is 2.53 bits per heavy atom. The van der Waals surface area contributed by atoms with Crippen LogP contribution in [0.2, 0.25) is 0 Å². The number of imidazole rings is 1. The van der Waals surface area contributed by atoms with Gasteiger partial charge in [-0.3, -0.25) is 4.98 Å². The molecule has 0 spiro atoms. The number of hydrogen-bond acceptors (Lipinski definition) is 5. The van der Waals surface area contributed by atoms with Crippen LogP contribution in [0.5, 0.6) is 0 Å². The zero-order valence-electron chi connectivity index (χ0n) is 10.8. The first-order valence-corrected chi connectivity index (χ1v) is 6.08. The molecule has 3 heterocycles. The van der Waals surface area contributed by atoms with Crippen LogP contribution in [0, 0.1) is 0 Å². The highest BCUT2D eigenvalue weighted by atomic mass is 15.1. The molecule has 3 aromatic rings. The van der Waals surface area contributed by atoms with E-state index in [4.69, 9.17) is 5.73 Å². The molecule has 0 fully saturated rings. The van der Waals surface area contributed by atoms with E-state index in [9.17, 15) is 0 Å². The van der Waals surface area contributed by atoms with Crippen molar-refractivity contribution in [1.29, 1.82) is 0 Å². The van der Waals surface area contributed by atoms with Gasteiger partial charge >= 0.3 is 0 Å². The maximum atomic E-state index is 5.96. The Morgan fingerprint density at radius 1 is 1.11 bits per heavy atom. The summed E-state index contributed by atoms with van der Waals surface area (Å²) in [5.41, 5.74) is 8.13. The molecule has 0 bridgehead atoms. The average molecular weight is 254 g/mol. The summed E-state index contributed by atoms with van der Waals surface area (Å²) in [7, 11) is 0. The van der Waals surface area contributed by atoms with Gasteiger partial charge < -0.3 is 10.7 Å². The van der Waals surface area contributed by atoms with Gasteiger partial charge in [-0.15, -0.1) is 0 Å². The van der Waals surface area contributed by atoms with Crippen molar-refractivity contribution in [3.8, 4) is 11.4 Å². The molecule has 0 atom stereocenters. The number of nitrogens with zero attached hydrogens (tertiary/aromatic N) is 4. The van der Waals surface area contributed by atoms with E-state index in [0.717, 1.165) is 11.4 Å². The number of pyridine rings is 1. The number of aromatic nitrogens is 5. The predicted molar refractivity (Wildman–Crippen MR) is 73.4 cm³/mol. The number of nitrogens with two attached hydrogens (primary N) is 1. The normalized spacial score (nSPS) is 11.3. The van der Waals surface area contributed by atoms with Crippen molar-refractivity contribution in [3.63, 3.8) is 0 Å². The van der Waals surface area contributed by atoms with E-state index in [1.165, 1.54) is 0 Å². The van der Waals surface area contributed by atoms with Crippen molar-refractivity contribution >= 4 is 17.0 Å². The van der Waals surface area contributed by atoms with Crippen molar-refractivity contribution in [3.05, 3.63) is 30.4 Å². The molecular formula is C13H14N6. The molecule has 19 heavy (non-hydrogen) atoms. The van der Waals surface area contributed by atoms with E-state index in [0.29, 0.717) is 22.8 Å². The number of nitrogens with one attached hydrogen (secondary N) is 1. The monoisotopic (exact) mass is 254 g/mol. The van der Waals surface area contributed by atoms with Crippen LogP contribution in [-0.2, 0) is 0 Å². The third-order valence-corrected chi connectivity index (χ3v) is 2.88. The third kappa shape index (κ3) is 2.01. The van der Waals surface area contributed by atoms with Crippen molar-refractivity contribution in [2.24, 2.45) is 0 Å². The number of hydrogen-bond donors (Lipinski definition) is 2. The number of H-pyrrole nitrogens is 1. The van der Waals surface area contributed by atoms with Crippen LogP contribution in [0.15, 0.2) is 24.5 Å². The first-order chi connectivity index (χ1) is 9.15. The number of anilines is 1. The molecule has 96 valence electrons. The zero-order chi connectivity index (χ0) is 13.4. The minimum Gasteiger partial charge on any atom is -0.382 e. The molecule has 3 aromatic heterocycles. The number of rotatable bonds is 2. The standard InChI is InChI=1S/C13H14N6/c1-7(2)11-16-9-10(14)17-12(19-13(9)18-11)8-3-5-15-6-4-8/h3-7H,1-2H3,(H3,14,16,17,18,19). The predicted octanol–water partition coefficient (Wildman–Crippen LogP) is 2.12. The van der Waals surface area contributed by atoms with Crippen molar-refractivity contribution < 1.29 is 0 Å². The second-order valence-corrected chi connectivity index (χ2v) is 4.64. The summed E-state index contributed by atoms with van der Waals surface area (Å²) in [4.78, 5) is 20.4. The number of aromatic amines is 1. The molecule has 0 aliphatic heterocycles. The Hall–Kier alpha value is -2.50. The van der Waals surface area contributed by atoms with Gasteiger partial charge in [-0.2, -0.15) is 0 Å². The second kappa shape index (κ2) is 4.31. The summed E-state index contributed by atoms with van der Waals surface area (Å²) in [6, 6.07) is 3.70. The van der Waals surface area contributed by atoms with Gasteiger partial charge in [0.15, 0.2) is 17.3 Å². The Morgan fingerprint density at radius 2 is 1.84 bits per heavy atom. The Labute approximate surface area is 110 Å². The molecule has 0 aromatic carbocycles. The second-order valence-electron chi connectivity index (χ2n) is 4.64. The van der Waals surface area contributed by atoms with Gasteiger partial charge in [-0.25, -0.2) is 15.0 Å². The lowest BCUT2D eigenvalue weighted by Gasteiger charge is -2.00. The van der Waals surface area contributed by atoms with Crippen LogP contribution in [0.4, 0.5) is 5.82 Å². The van der Waals surface area contributed by atoms with Gasteiger partial charge in [0.1, 0.15) is 11.3 Å². The van der Waals surface area contributed by atoms with Crippen LogP contribution >= 0.6 is 0 Å². The van der Waals surface area contributed by atoms with Crippen LogP contribution < -0.4 is 5.73 Å². The summed E-state index contributed by atoms with van der Waals surface area (Å²) in [6.07, 6.45) is 3.40. The maximum absolute atomic E-state index is 5.96. The lowest BCUT2D eigenvalue weighted by Crippen LogP contribution is -1.97. The molecule has 0 radical (unpaired) electrons. The molecule has 0 amide bonds. The molecule has 0 aliphatic rings. The average Bonchev–Trinajstić information content (AvgIpc) is 2.84. The number of fused-ring (bicyclic) bond motifs is 1. The lowest BCUT2D eigenvalue weighted by molar-refractivity contribution is 0.798. The molecule has 3 N–H and O–H groups in total. The minimum atomic E-state index is 0.290. The van der Waals surface area contributed by atoms with Crippen LogP contribution in [0.25, 0.3) is 22.6 Å². The van der Waals surface area contributed by atoms with Crippen LogP contribution in [-0.4, -0.2) is 24.9 Å². The van der Waals surface area contributed by atoms with Gasteiger partial charge in [0.2, 0.25) is 0 Å². The van der Waals surface area contributed by atoms with E-state index in [2.05, 4.69) is 38.8 Å². The Balaban J connectivity index is 2.19. The van der Waals surface area contributed by atoms with Gasteiger partial charge in [-0.1, -0.05) is 13.8 Å². The third-order valence-electron chi connectivity index (χ3n) is 2.88. The first kappa shape index (κ1) is 11.6. The smallest absolute Gasteiger partial charge is 0.164 e. The van der Waals surface area contributed by atoms with Gasteiger partial charge in [0, 0.05) is 23.9 Å². The summed E-state index contributed by atoms with van der Waals surface area (Å²) in [6.45, 7) is 4.12. The fourth-order valence-corrected chi connectivity index (χ4v) is 1.84. The number of nitrogen functional groups attached to an aromatic ring is 1. The molecular weight excluding hydrogens is 240 g/mol. The fourth-order valence-electron chi connectivity index (χ4n) is 1.84. The van der Waals surface area contributed by atoms with Crippen LogP contribution in [0.1, 0.15) is 25.6 Å². The quantitative estimate of drug-likeness (QED) is 0.730. The van der Waals surface area contributed by atoms with E-state index >= 15 is 0 Å². The van der Waals surface area contributed by atoms with Crippen LogP contribution in [0.3, 0.4) is 0 Å². The molecule has 0 saturated heterocycles. The lowest BCUT2D eigenvalue weighted by atomic mass is 10.2. The summed E-state index contributed by atoms with van der Waals surface area (Å²) in [5.74, 6) is 2.12. The van der Waals surface area contributed by atoms with E-state index < -0.39 is 0 Å². The largest absolute Gasteiger partial charge is 0.382 e. The summed E-state index contributed by atoms with van der Waals surface area (Å²) < 4.78 is 0. The fraction of sp³-hybridized carbons (Fsp3) is 0.231. The highest BCUT2D eigenvalue weighted by Crippen LogP contribution is 2.23. The first-order valence-electron chi connectivity index (χ1n) is 6.08. The SMILES string of the molecule is CC(C)c1nc2c(N)nc(-c3ccncc3)nc2[nH]1. The molecule has 6 heteroatoms. The molecule has 0 saturated carbocycles.